The SMILES string of the molecule is C=C(C(=O)NC)/C(=C\C(=N)Nc1ccc(C(=O)NCCCNc2cccc3c2C(=O)N(C(CCC(N)=O)C(C)=O)C3=O)cn1)Nc1cccc(C(=C(C)C)/C(C)=C\C)c1OC. The minimum Gasteiger partial charge on any atom is -0.494 e. The number of fused-ring (bicyclic) bond motifs is 1. The van der Waals surface area contributed by atoms with E-state index in [0.29, 0.717) is 30.1 Å². The number of hydrogen-bond acceptors (Lipinski definition) is 11. The van der Waals surface area contributed by atoms with Crippen LogP contribution in [0.5, 0.6) is 5.75 Å². The summed E-state index contributed by atoms with van der Waals surface area (Å²) in [4.78, 5) is 81.1. The van der Waals surface area contributed by atoms with Crippen molar-refractivity contribution in [3.8, 4) is 5.75 Å². The van der Waals surface area contributed by atoms with Gasteiger partial charge < -0.3 is 37.1 Å². The van der Waals surface area contributed by atoms with Crippen molar-refractivity contribution in [3.05, 3.63) is 118 Å². The highest BCUT2D eigenvalue weighted by molar-refractivity contribution is 6.25. The summed E-state index contributed by atoms with van der Waals surface area (Å²) < 4.78 is 5.87. The normalized spacial score (nSPS) is 12.8. The number of likely N-dealkylation sites (N-methyl/N-ethyl adjacent to an activating group) is 1. The van der Waals surface area contributed by atoms with E-state index in [4.69, 9.17) is 15.9 Å². The number of rotatable bonds is 20. The van der Waals surface area contributed by atoms with Crippen molar-refractivity contribution in [1.29, 1.82) is 5.41 Å². The number of primary amides is 1. The average molecular weight is 832 g/mol. The Morgan fingerprint density at radius 2 is 1.67 bits per heavy atom. The molecule has 0 spiro atoms. The summed E-state index contributed by atoms with van der Waals surface area (Å²) in [5.41, 5.74) is 11.1. The summed E-state index contributed by atoms with van der Waals surface area (Å²) in [6.07, 6.45) is 5.02. The Morgan fingerprint density at radius 1 is 0.967 bits per heavy atom. The number of hydrogen-bond donors (Lipinski definition) is 7. The molecule has 61 heavy (non-hydrogen) atoms. The number of amides is 5. The van der Waals surface area contributed by atoms with Gasteiger partial charge in [0.25, 0.3) is 23.6 Å². The molecule has 0 radical (unpaired) electrons. The summed E-state index contributed by atoms with van der Waals surface area (Å²) in [7, 11) is 3.05. The van der Waals surface area contributed by atoms with Crippen molar-refractivity contribution < 1.29 is 33.5 Å². The van der Waals surface area contributed by atoms with Crippen LogP contribution in [0.25, 0.3) is 5.57 Å². The van der Waals surface area contributed by atoms with E-state index in [-0.39, 0.29) is 64.9 Å². The first kappa shape index (κ1) is 46.3. The Morgan fingerprint density at radius 3 is 2.28 bits per heavy atom. The topological polar surface area (TPSA) is 238 Å². The Balaban J connectivity index is 1.38. The summed E-state index contributed by atoms with van der Waals surface area (Å²) in [6.45, 7) is 13.8. The number of carbonyl (C=O) groups is 6. The molecule has 320 valence electrons. The molecule has 1 aliphatic heterocycles. The van der Waals surface area contributed by atoms with Crippen LogP contribution in [0.15, 0.2) is 95.9 Å². The number of carbonyl (C=O) groups excluding carboxylic acids is 6. The van der Waals surface area contributed by atoms with Gasteiger partial charge in [0.05, 0.1) is 46.8 Å². The molecular weight excluding hydrogens is 779 g/mol. The smallest absolute Gasteiger partial charge is 0.264 e. The van der Waals surface area contributed by atoms with Gasteiger partial charge in [-0.1, -0.05) is 36.4 Å². The molecule has 0 fully saturated rings. The van der Waals surface area contributed by atoms with E-state index in [9.17, 15) is 28.8 Å². The molecule has 1 atom stereocenters. The maximum atomic E-state index is 13.4. The van der Waals surface area contributed by atoms with Gasteiger partial charge in [-0.3, -0.25) is 39.1 Å². The number of benzene rings is 2. The Bertz CT molecular complexity index is 2340. The van der Waals surface area contributed by atoms with E-state index in [1.165, 1.54) is 32.3 Å². The lowest BCUT2D eigenvalue weighted by atomic mass is 9.93. The molecule has 0 aliphatic carbocycles. The number of ketones is 1. The number of imide groups is 1. The summed E-state index contributed by atoms with van der Waals surface area (Å²) in [5, 5.41) is 23.3. The van der Waals surface area contributed by atoms with Crippen LogP contribution < -0.4 is 37.1 Å². The number of nitrogens with zero attached hydrogens (tertiary/aromatic N) is 2. The minimum absolute atomic E-state index is 0.0637. The van der Waals surface area contributed by atoms with Gasteiger partial charge in [0.15, 0.2) is 5.78 Å². The van der Waals surface area contributed by atoms with Crippen molar-refractivity contribution in [3.63, 3.8) is 0 Å². The Hall–Kier alpha value is -7.36. The van der Waals surface area contributed by atoms with Gasteiger partial charge in [0.1, 0.15) is 17.4 Å². The van der Waals surface area contributed by atoms with Crippen molar-refractivity contribution in [2.45, 2.75) is 59.9 Å². The van der Waals surface area contributed by atoms with Crippen LogP contribution in [0.4, 0.5) is 17.2 Å². The van der Waals surface area contributed by atoms with Gasteiger partial charge in [-0.15, -0.1) is 0 Å². The van der Waals surface area contributed by atoms with Crippen LogP contribution in [0.3, 0.4) is 0 Å². The second-order valence-corrected chi connectivity index (χ2v) is 14.3. The third kappa shape index (κ3) is 11.2. The fourth-order valence-corrected chi connectivity index (χ4v) is 6.75. The molecule has 1 unspecified atom stereocenters. The van der Waals surface area contributed by atoms with Gasteiger partial charge in [0.2, 0.25) is 5.91 Å². The Labute approximate surface area is 355 Å². The van der Waals surface area contributed by atoms with E-state index in [2.05, 4.69) is 38.1 Å². The number of aromatic nitrogens is 1. The highest BCUT2D eigenvalue weighted by Gasteiger charge is 2.43. The molecule has 2 aromatic carbocycles. The largest absolute Gasteiger partial charge is 0.494 e. The van der Waals surface area contributed by atoms with Crippen molar-refractivity contribution in [2.75, 3.05) is 43.2 Å². The first-order valence-corrected chi connectivity index (χ1v) is 19.6. The fraction of sp³-hybridized carbons (Fsp3) is 0.289. The fourth-order valence-electron chi connectivity index (χ4n) is 6.75. The van der Waals surface area contributed by atoms with Gasteiger partial charge in [-0.05, 0) is 88.9 Å². The number of methoxy groups -OCH3 is 1. The summed E-state index contributed by atoms with van der Waals surface area (Å²) in [6, 6.07) is 12.4. The predicted octanol–water partition coefficient (Wildman–Crippen LogP) is 5.59. The number of para-hydroxylation sites is 1. The molecule has 0 saturated heterocycles. The number of amidine groups is 1. The van der Waals surface area contributed by atoms with Crippen LogP contribution in [0.1, 0.15) is 90.5 Å². The number of anilines is 3. The average Bonchev–Trinajstić information content (AvgIpc) is 3.48. The summed E-state index contributed by atoms with van der Waals surface area (Å²) in [5.74, 6) is -2.50. The third-order valence-corrected chi connectivity index (χ3v) is 9.83. The first-order chi connectivity index (χ1) is 29.0. The van der Waals surface area contributed by atoms with Crippen molar-refractivity contribution in [2.24, 2.45) is 5.73 Å². The lowest BCUT2D eigenvalue weighted by molar-refractivity contribution is -0.122. The van der Waals surface area contributed by atoms with Gasteiger partial charge in [0, 0.05) is 50.1 Å². The number of pyridine rings is 1. The highest BCUT2D eigenvalue weighted by Crippen LogP contribution is 2.39. The zero-order valence-electron chi connectivity index (χ0n) is 35.5. The zero-order chi connectivity index (χ0) is 45.0. The molecule has 0 saturated carbocycles. The molecule has 16 nitrogen and oxygen atoms in total. The van der Waals surface area contributed by atoms with E-state index in [0.717, 1.165) is 27.2 Å². The standard InChI is InChI=1S/C45H53N9O7/c1-9-26(4)39(25(2)3)30-13-10-16-33(41(30)61-8)52-34(27(5)42(57)48-7)23-36(46)53-38-20-17-29(24-51-38)43(58)50-22-12-21-49-32-15-11-14-31-40(32)45(60)54(44(31)59)35(28(6)55)18-19-37(47)56/h9-11,13-17,20,23-24,35,49,52H,5,12,18-19,21-22H2,1-4,6-8H3,(H2,47,56)(H,48,57)(H,50,58)(H2,46,51,53)/b26-9-,34-23+. The van der Waals surface area contributed by atoms with Crippen LogP contribution in [0, 0.1) is 5.41 Å². The number of allylic oxidation sites excluding steroid dienone is 4. The quantitative estimate of drug-likeness (QED) is 0.0185. The van der Waals surface area contributed by atoms with Crippen LogP contribution in [0.2, 0.25) is 0 Å². The molecule has 3 aromatic rings. The third-order valence-electron chi connectivity index (χ3n) is 9.83. The predicted molar refractivity (Wildman–Crippen MR) is 236 cm³/mol. The van der Waals surface area contributed by atoms with E-state index >= 15 is 0 Å². The molecule has 16 heteroatoms. The molecule has 1 aromatic heterocycles. The van der Waals surface area contributed by atoms with Crippen molar-refractivity contribution in [1.82, 2.24) is 20.5 Å². The summed E-state index contributed by atoms with van der Waals surface area (Å²) >= 11 is 0. The number of Topliss-reactive ketones (excluding diaryl/α,β-unsaturated/α-hetero) is 1. The molecule has 0 bridgehead atoms. The number of nitrogens with one attached hydrogen (secondary N) is 6. The molecule has 1 aliphatic rings. The zero-order valence-corrected chi connectivity index (χ0v) is 35.5. The maximum Gasteiger partial charge on any atom is 0.264 e. The number of ether oxygens (including phenoxy) is 1. The van der Waals surface area contributed by atoms with Crippen LogP contribution >= 0.6 is 0 Å². The highest BCUT2D eigenvalue weighted by atomic mass is 16.5. The molecule has 5 amide bonds. The number of nitrogens with two attached hydrogens (primary N) is 1. The van der Waals surface area contributed by atoms with Gasteiger partial charge in [-0.2, -0.15) is 0 Å². The lowest BCUT2D eigenvalue weighted by Crippen LogP contribution is -2.44. The van der Waals surface area contributed by atoms with Gasteiger partial charge >= 0.3 is 0 Å². The van der Waals surface area contributed by atoms with E-state index in [1.54, 1.807) is 37.4 Å². The minimum atomic E-state index is -1.11. The molecule has 8 N–H and O–H groups in total. The molecule has 4 rings (SSSR count). The first-order valence-electron chi connectivity index (χ1n) is 19.6. The maximum absolute atomic E-state index is 13.4. The molecule has 2 heterocycles. The van der Waals surface area contributed by atoms with E-state index in [1.807, 2.05) is 45.9 Å². The van der Waals surface area contributed by atoms with Gasteiger partial charge in [-0.25, -0.2) is 4.98 Å². The van der Waals surface area contributed by atoms with Crippen LogP contribution in [-0.2, 0) is 14.4 Å². The van der Waals surface area contributed by atoms with Crippen molar-refractivity contribution >= 4 is 63.9 Å². The second kappa shape index (κ2) is 21.1. The monoisotopic (exact) mass is 831 g/mol. The lowest BCUT2D eigenvalue weighted by Gasteiger charge is -2.23. The molecular formula is C45H53N9O7. The second-order valence-electron chi connectivity index (χ2n) is 14.3. The Kier molecular flexibility index (Phi) is 16.0. The van der Waals surface area contributed by atoms with E-state index < -0.39 is 35.5 Å². The van der Waals surface area contributed by atoms with Crippen LogP contribution in [-0.4, -0.2) is 84.3 Å².